The summed E-state index contributed by atoms with van der Waals surface area (Å²) in [6, 6.07) is 2.22. The third kappa shape index (κ3) is 26.1. The van der Waals surface area contributed by atoms with Crippen molar-refractivity contribution in [3.8, 4) is 0 Å². The lowest BCUT2D eigenvalue weighted by Crippen LogP contribution is -1.83. The molecule has 0 aliphatic heterocycles. The zero-order valence-corrected chi connectivity index (χ0v) is 28.2. The molecular weight excluding hydrogens is 494 g/mol. The highest BCUT2D eigenvalue weighted by molar-refractivity contribution is 5.62. The van der Waals surface area contributed by atoms with Crippen molar-refractivity contribution in [2.45, 2.75) is 206 Å². The Morgan fingerprint density at radius 3 is 1.10 bits per heavy atom. The molecule has 1 aromatic heterocycles. The molecule has 0 saturated carbocycles. The number of aromatic nitrogens is 1. The van der Waals surface area contributed by atoms with Crippen molar-refractivity contribution in [3.63, 3.8) is 0 Å². The number of H-pyrrole nitrogens is 1. The molecule has 1 aromatic rings. The minimum Gasteiger partial charge on any atom is -0.361 e. The van der Waals surface area contributed by atoms with E-state index in [0.29, 0.717) is 0 Å². The maximum absolute atomic E-state index is 3.42. The molecule has 1 rings (SSSR count). The highest BCUT2D eigenvalue weighted by atomic mass is 14.7. The van der Waals surface area contributed by atoms with Gasteiger partial charge in [-0.1, -0.05) is 199 Å². The van der Waals surface area contributed by atoms with Gasteiger partial charge in [-0.25, -0.2) is 0 Å². The summed E-state index contributed by atoms with van der Waals surface area (Å²) in [5.74, 6) is 0. The zero-order valence-electron chi connectivity index (χ0n) is 28.2. The quantitative estimate of drug-likeness (QED) is 0.0833. The van der Waals surface area contributed by atoms with Gasteiger partial charge in [0.25, 0.3) is 0 Å². The molecule has 0 aliphatic rings. The Balaban J connectivity index is 1.90. The summed E-state index contributed by atoms with van der Waals surface area (Å²) in [4.78, 5) is 3.42. The van der Waals surface area contributed by atoms with Crippen LogP contribution in [0.2, 0.25) is 0 Å². The average molecular weight is 568 g/mol. The largest absolute Gasteiger partial charge is 0.361 e. The van der Waals surface area contributed by atoms with Gasteiger partial charge in [0, 0.05) is 11.9 Å². The van der Waals surface area contributed by atoms with Crippen molar-refractivity contribution in [2.75, 3.05) is 0 Å². The molecule has 0 saturated heterocycles. The van der Waals surface area contributed by atoms with Crippen LogP contribution in [0, 0.1) is 0 Å². The Bertz CT molecular complexity index is 624. The molecule has 0 unspecified atom stereocenters. The molecule has 0 radical (unpaired) electrons. The Kier molecular flexibility index (Phi) is 29.2. The minimum atomic E-state index is 1.21. The Labute approximate surface area is 258 Å². The van der Waals surface area contributed by atoms with Crippen LogP contribution >= 0.6 is 0 Å². The molecule has 1 N–H and O–H groups in total. The Hall–Kier alpha value is -1.24. The molecule has 0 bridgehead atoms. The molecule has 0 amide bonds. The van der Waals surface area contributed by atoms with Gasteiger partial charge in [-0.15, -0.1) is 0 Å². The SMILES string of the molecule is CCCCCCCCCCCCCCCCC=Cc1cc[nH]c1C=CCCCCCCCCCCCCCCCC. The fourth-order valence-electron chi connectivity index (χ4n) is 6.01. The first kappa shape index (κ1) is 37.8. The van der Waals surface area contributed by atoms with Crippen LogP contribution in [0.3, 0.4) is 0 Å². The third-order valence-electron chi connectivity index (χ3n) is 8.84. The second-order valence-electron chi connectivity index (χ2n) is 12.9. The number of allylic oxidation sites excluding steroid dienone is 2. The van der Waals surface area contributed by atoms with Gasteiger partial charge in [-0.3, -0.25) is 0 Å². The van der Waals surface area contributed by atoms with Crippen LogP contribution in [0.1, 0.15) is 218 Å². The van der Waals surface area contributed by atoms with Crippen LogP contribution in [0.25, 0.3) is 12.2 Å². The third-order valence-corrected chi connectivity index (χ3v) is 8.84. The summed E-state index contributed by atoms with van der Waals surface area (Å²) in [5.41, 5.74) is 2.61. The van der Waals surface area contributed by atoms with Crippen molar-refractivity contribution < 1.29 is 0 Å². The number of hydrogen-bond acceptors (Lipinski definition) is 0. The summed E-state index contributed by atoms with van der Waals surface area (Å²) in [5, 5.41) is 0. The Morgan fingerprint density at radius 2 is 0.732 bits per heavy atom. The summed E-state index contributed by atoms with van der Waals surface area (Å²) >= 11 is 0. The number of aromatic amines is 1. The lowest BCUT2D eigenvalue weighted by molar-refractivity contribution is 0.536. The fraction of sp³-hybridized carbons (Fsp3) is 0.800. The van der Waals surface area contributed by atoms with Crippen molar-refractivity contribution in [3.05, 3.63) is 35.7 Å². The van der Waals surface area contributed by atoms with Gasteiger partial charge in [-0.05, 0) is 43.4 Å². The molecule has 1 heteroatoms. The molecule has 0 fully saturated rings. The molecule has 0 aliphatic carbocycles. The number of rotatable bonds is 32. The second kappa shape index (κ2) is 31.7. The van der Waals surface area contributed by atoms with Gasteiger partial charge in [0.1, 0.15) is 0 Å². The van der Waals surface area contributed by atoms with E-state index in [1.807, 2.05) is 0 Å². The second-order valence-corrected chi connectivity index (χ2v) is 12.9. The van der Waals surface area contributed by atoms with E-state index in [1.165, 1.54) is 204 Å². The van der Waals surface area contributed by atoms with Crippen molar-refractivity contribution in [2.24, 2.45) is 0 Å². The number of hydrogen-bond donors (Lipinski definition) is 1. The van der Waals surface area contributed by atoms with Gasteiger partial charge >= 0.3 is 0 Å². The molecule has 1 heterocycles. The summed E-state index contributed by atoms with van der Waals surface area (Å²) in [6.07, 6.45) is 54.0. The van der Waals surface area contributed by atoms with E-state index >= 15 is 0 Å². The van der Waals surface area contributed by atoms with E-state index in [1.54, 1.807) is 0 Å². The molecule has 0 spiro atoms. The molecule has 0 atom stereocenters. The van der Waals surface area contributed by atoms with E-state index < -0.39 is 0 Å². The summed E-state index contributed by atoms with van der Waals surface area (Å²) in [7, 11) is 0. The number of unbranched alkanes of at least 4 members (excludes halogenated alkanes) is 28. The Morgan fingerprint density at radius 1 is 0.415 bits per heavy atom. The topological polar surface area (TPSA) is 15.8 Å². The van der Waals surface area contributed by atoms with Gasteiger partial charge in [0.2, 0.25) is 0 Å². The molecule has 1 nitrogen and oxygen atoms in total. The van der Waals surface area contributed by atoms with E-state index in [9.17, 15) is 0 Å². The normalized spacial score (nSPS) is 12.0. The lowest BCUT2D eigenvalue weighted by Gasteiger charge is -2.03. The van der Waals surface area contributed by atoms with Crippen LogP contribution in [0.4, 0.5) is 0 Å². The van der Waals surface area contributed by atoms with E-state index in [-0.39, 0.29) is 0 Å². The maximum atomic E-state index is 3.42. The lowest BCUT2D eigenvalue weighted by atomic mass is 10.0. The first-order chi connectivity index (χ1) is 20.4. The van der Waals surface area contributed by atoms with E-state index in [0.717, 1.165) is 0 Å². The van der Waals surface area contributed by atoms with Gasteiger partial charge in [0.15, 0.2) is 0 Å². The minimum absolute atomic E-state index is 1.21. The molecule has 41 heavy (non-hydrogen) atoms. The molecule has 0 aromatic carbocycles. The first-order valence-corrected chi connectivity index (χ1v) is 18.9. The average Bonchev–Trinajstić information content (AvgIpc) is 3.43. The smallest absolute Gasteiger partial charge is 0.0450 e. The highest BCUT2D eigenvalue weighted by Crippen LogP contribution is 2.17. The predicted molar refractivity (Wildman–Crippen MR) is 189 cm³/mol. The number of nitrogens with one attached hydrogen (secondary N) is 1. The molecular formula is C40H73N. The van der Waals surface area contributed by atoms with Gasteiger partial charge in [-0.2, -0.15) is 0 Å². The fourth-order valence-corrected chi connectivity index (χ4v) is 6.01. The van der Waals surface area contributed by atoms with Gasteiger partial charge in [0.05, 0.1) is 0 Å². The van der Waals surface area contributed by atoms with Gasteiger partial charge < -0.3 is 4.98 Å². The highest BCUT2D eigenvalue weighted by Gasteiger charge is 1.98. The van der Waals surface area contributed by atoms with Crippen molar-refractivity contribution in [1.29, 1.82) is 0 Å². The first-order valence-electron chi connectivity index (χ1n) is 18.9. The summed E-state index contributed by atoms with van der Waals surface area (Å²) in [6.45, 7) is 4.60. The predicted octanol–water partition coefficient (Wildman–Crippen LogP) is 14.8. The van der Waals surface area contributed by atoms with Crippen LogP contribution in [0.5, 0.6) is 0 Å². The van der Waals surface area contributed by atoms with Crippen LogP contribution in [-0.4, -0.2) is 4.98 Å². The van der Waals surface area contributed by atoms with E-state index in [2.05, 4.69) is 55.4 Å². The van der Waals surface area contributed by atoms with Crippen molar-refractivity contribution >= 4 is 12.2 Å². The van der Waals surface area contributed by atoms with Crippen LogP contribution in [-0.2, 0) is 0 Å². The zero-order chi connectivity index (χ0) is 29.3. The van der Waals surface area contributed by atoms with Crippen LogP contribution in [0.15, 0.2) is 24.4 Å². The van der Waals surface area contributed by atoms with Crippen molar-refractivity contribution in [1.82, 2.24) is 4.98 Å². The van der Waals surface area contributed by atoms with Crippen LogP contribution < -0.4 is 0 Å². The monoisotopic (exact) mass is 568 g/mol. The summed E-state index contributed by atoms with van der Waals surface area (Å²) < 4.78 is 0. The maximum Gasteiger partial charge on any atom is 0.0450 e. The van der Waals surface area contributed by atoms with E-state index in [4.69, 9.17) is 0 Å². The standard InChI is InChI=1S/C40H73N/c1-3-5-7-9-11-13-15-17-19-21-23-25-27-29-31-33-35-39-37-38-41-40(39)36-34-32-30-28-26-24-22-20-18-16-14-12-10-8-6-4-2/h33-38,41H,3-32H2,1-2H3. The molecule has 238 valence electrons.